The maximum absolute atomic E-state index is 11.4. The summed E-state index contributed by atoms with van der Waals surface area (Å²) in [6, 6.07) is 4.73. The highest BCUT2D eigenvalue weighted by molar-refractivity contribution is 5.75. The van der Waals surface area contributed by atoms with Gasteiger partial charge in [0.2, 0.25) is 0 Å². The summed E-state index contributed by atoms with van der Waals surface area (Å²) in [5, 5.41) is 22.7. The molecule has 3 N–H and O–H groups in total. The molecule has 146 valence electrons. The van der Waals surface area contributed by atoms with Crippen molar-refractivity contribution in [3.63, 3.8) is 0 Å². The van der Waals surface area contributed by atoms with Gasteiger partial charge in [-0.3, -0.25) is 4.79 Å². The van der Waals surface area contributed by atoms with Gasteiger partial charge in [-0.15, -0.1) is 0 Å². The molecule has 4 rings (SSSR count). The monoisotopic (exact) mass is 371 g/mol. The third-order valence-electron chi connectivity index (χ3n) is 6.59. The number of benzene rings is 1. The lowest BCUT2D eigenvalue weighted by Gasteiger charge is -2.31. The summed E-state index contributed by atoms with van der Waals surface area (Å²) in [5.41, 5.74) is 2.60. The molecule has 0 bridgehead atoms. The molecule has 1 spiro atoms. The number of carboxylic acids is 1. The highest BCUT2D eigenvalue weighted by Crippen LogP contribution is 2.47. The number of ether oxygens (including phenoxy) is 1. The van der Waals surface area contributed by atoms with E-state index in [1.807, 2.05) is 6.07 Å². The number of hydrogen-bond donors (Lipinski definition) is 3. The van der Waals surface area contributed by atoms with Crippen molar-refractivity contribution < 1.29 is 19.7 Å². The van der Waals surface area contributed by atoms with E-state index in [1.165, 1.54) is 44.1 Å². The Hall–Kier alpha value is -2.01. The highest BCUT2D eigenvalue weighted by Gasteiger charge is 2.35. The minimum Gasteiger partial charge on any atom is -0.504 e. The standard InChI is InChI=1S/C22H29NO4/c24-18-12-16(17-7-11-23-20(17)21(25)26)5-6-19(18)27-14-15-4-3-10-22(13-15)8-1-2-9-22/h5-6,12-13,17,20,23-24H,1-4,7-11,14H2,(H,25,26). The average Bonchev–Trinajstić information content (AvgIpc) is 3.31. The van der Waals surface area contributed by atoms with Crippen molar-refractivity contribution in [2.24, 2.45) is 5.41 Å². The van der Waals surface area contributed by atoms with E-state index in [0.717, 1.165) is 18.4 Å². The summed E-state index contributed by atoms with van der Waals surface area (Å²) in [4.78, 5) is 11.4. The maximum Gasteiger partial charge on any atom is 0.321 e. The molecule has 2 unspecified atom stereocenters. The molecule has 1 saturated heterocycles. The molecule has 1 aromatic carbocycles. The van der Waals surface area contributed by atoms with Gasteiger partial charge in [0.1, 0.15) is 12.6 Å². The van der Waals surface area contributed by atoms with Crippen molar-refractivity contribution in [2.75, 3.05) is 13.2 Å². The summed E-state index contributed by atoms with van der Waals surface area (Å²) in [5.74, 6) is -0.396. The fourth-order valence-electron chi connectivity index (χ4n) is 5.21. The first-order valence-corrected chi connectivity index (χ1v) is 10.2. The predicted molar refractivity (Wildman–Crippen MR) is 103 cm³/mol. The highest BCUT2D eigenvalue weighted by atomic mass is 16.5. The van der Waals surface area contributed by atoms with Gasteiger partial charge in [0.25, 0.3) is 0 Å². The van der Waals surface area contributed by atoms with Crippen LogP contribution < -0.4 is 10.1 Å². The van der Waals surface area contributed by atoms with Crippen LogP contribution in [0.25, 0.3) is 0 Å². The molecular weight excluding hydrogens is 342 g/mol. The van der Waals surface area contributed by atoms with Crippen molar-refractivity contribution in [3.05, 3.63) is 35.4 Å². The van der Waals surface area contributed by atoms with Gasteiger partial charge < -0.3 is 20.3 Å². The van der Waals surface area contributed by atoms with Crippen molar-refractivity contribution in [1.29, 1.82) is 0 Å². The zero-order valence-electron chi connectivity index (χ0n) is 15.7. The Morgan fingerprint density at radius 2 is 2.00 bits per heavy atom. The molecule has 5 nitrogen and oxygen atoms in total. The van der Waals surface area contributed by atoms with Gasteiger partial charge in [-0.1, -0.05) is 25.0 Å². The Bertz CT molecular complexity index is 736. The summed E-state index contributed by atoms with van der Waals surface area (Å²) >= 11 is 0. The number of hydrogen-bond acceptors (Lipinski definition) is 4. The average molecular weight is 371 g/mol. The van der Waals surface area contributed by atoms with Crippen LogP contribution >= 0.6 is 0 Å². The van der Waals surface area contributed by atoms with E-state index in [9.17, 15) is 15.0 Å². The molecule has 0 amide bonds. The molecule has 5 heteroatoms. The van der Waals surface area contributed by atoms with E-state index >= 15 is 0 Å². The lowest BCUT2D eigenvalue weighted by atomic mass is 9.75. The molecule has 2 aliphatic carbocycles. The third-order valence-corrected chi connectivity index (χ3v) is 6.59. The first-order chi connectivity index (χ1) is 13.1. The van der Waals surface area contributed by atoms with Crippen LogP contribution in [0.5, 0.6) is 11.5 Å². The zero-order valence-corrected chi connectivity index (χ0v) is 15.7. The third kappa shape index (κ3) is 3.84. The molecule has 1 saturated carbocycles. The Morgan fingerprint density at radius 3 is 2.74 bits per heavy atom. The number of carboxylic acid groups (broad SMARTS) is 1. The van der Waals surface area contributed by atoms with Gasteiger partial charge in [0, 0.05) is 5.92 Å². The van der Waals surface area contributed by atoms with Crippen molar-refractivity contribution >= 4 is 5.97 Å². The number of rotatable bonds is 5. The van der Waals surface area contributed by atoms with Crippen molar-refractivity contribution in [1.82, 2.24) is 5.32 Å². The summed E-state index contributed by atoms with van der Waals surface area (Å²) in [6.07, 6.45) is 12.1. The number of allylic oxidation sites excluding steroid dienone is 1. The van der Waals surface area contributed by atoms with Crippen molar-refractivity contribution in [2.45, 2.75) is 63.3 Å². The number of phenols is 1. The number of nitrogens with one attached hydrogen (secondary N) is 1. The number of aromatic hydroxyl groups is 1. The molecule has 2 fully saturated rings. The SMILES string of the molecule is O=C(O)C1NCCC1c1ccc(OCC2=CC3(CCCC3)CCC2)c(O)c1. The van der Waals surface area contributed by atoms with Gasteiger partial charge >= 0.3 is 5.97 Å². The molecule has 1 aliphatic heterocycles. The van der Waals surface area contributed by atoms with Gasteiger partial charge in [-0.2, -0.15) is 0 Å². The second kappa shape index (κ2) is 7.55. The zero-order chi connectivity index (χ0) is 18.9. The number of phenolic OH excluding ortho intramolecular Hbond substituents is 1. The molecule has 0 aromatic heterocycles. The Kier molecular flexibility index (Phi) is 5.13. The summed E-state index contributed by atoms with van der Waals surface area (Å²) in [6.45, 7) is 1.20. The van der Waals surface area contributed by atoms with E-state index < -0.39 is 12.0 Å². The van der Waals surface area contributed by atoms with Crippen LogP contribution in [0, 0.1) is 5.41 Å². The smallest absolute Gasteiger partial charge is 0.321 e. The normalized spacial score (nSPS) is 26.9. The lowest BCUT2D eigenvalue weighted by Crippen LogP contribution is -2.34. The maximum atomic E-state index is 11.4. The first kappa shape index (κ1) is 18.4. The molecule has 0 radical (unpaired) electrons. The van der Waals surface area contributed by atoms with Crippen LogP contribution in [0.4, 0.5) is 0 Å². The van der Waals surface area contributed by atoms with Crippen LogP contribution in [-0.4, -0.2) is 35.4 Å². The fourth-order valence-corrected chi connectivity index (χ4v) is 5.21. The van der Waals surface area contributed by atoms with Crippen LogP contribution in [0.1, 0.15) is 62.8 Å². The van der Waals surface area contributed by atoms with E-state index in [0.29, 0.717) is 24.3 Å². The van der Waals surface area contributed by atoms with Gasteiger partial charge in [-0.05, 0) is 73.8 Å². The van der Waals surface area contributed by atoms with Crippen LogP contribution in [0.3, 0.4) is 0 Å². The Labute approximate surface area is 160 Å². The quantitative estimate of drug-likeness (QED) is 0.683. The minimum atomic E-state index is -0.845. The molecule has 2 atom stereocenters. The first-order valence-electron chi connectivity index (χ1n) is 10.2. The molecule has 1 heterocycles. The Morgan fingerprint density at radius 1 is 1.22 bits per heavy atom. The second-order valence-electron chi connectivity index (χ2n) is 8.41. The molecule has 27 heavy (non-hydrogen) atoms. The van der Waals surface area contributed by atoms with Gasteiger partial charge in [-0.25, -0.2) is 0 Å². The molecular formula is C22H29NO4. The van der Waals surface area contributed by atoms with E-state index in [-0.39, 0.29) is 11.7 Å². The van der Waals surface area contributed by atoms with E-state index in [4.69, 9.17) is 4.74 Å². The molecule has 3 aliphatic rings. The second-order valence-corrected chi connectivity index (χ2v) is 8.41. The summed E-state index contributed by atoms with van der Waals surface area (Å²) < 4.78 is 5.92. The minimum absolute atomic E-state index is 0.0931. The van der Waals surface area contributed by atoms with Gasteiger partial charge in [0.05, 0.1) is 0 Å². The van der Waals surface area contributed by atoms with Crippen LogP contribution in [-0.2, 0) is 4.79 Å². The number of carbonyl (C=O) groups is 1. The van der Waals surface area contributed by atoms with Crippen LogP contribution in [0.15, 0.2) is 29.8 Å². The fraction of sp³-hybridized carbons (Fsp3) is 0.591. The largest absolute Gasteiger partial charge is 0.504 e. The van der Waals surface area contributed by atoms with Gasteiger partial charge in [0.15, 0.2) is 11.5 Å². The summed E-state index contributed by atoms with van der Waals surface area (Å²) in [7, 11) is 0. The van der Waals surface area contributed by atoms with Crippen LogP contribution in [0.2, 0.25) is 0 Å². The number of aliphatic carboxylic acids is 1. The topological polar surface area (TPSA) is 78.8 Å². The van der Waals surface area contributed by atoms with E-state index in [1.54, 1.807) is 12.1 Å². The predicted octanol–water partition coefficient (Wildman–Crippen LogP) is 3.97. The Balaban J connectivity index is 1.43. The van der Waals surface area contributed by atoms with E-state index in [2.05, 4.69) is 11.4 Å². The van der Waals surface area contributed by atoms with Crippen molar-refractivity contribution in [3.8, 4) is 11.5 Å². The lowest BCUT2D eigenvalue weighted by molar-refractivity contribution is -0.139. The molecule has 1 aromatic rings.